The van der Waals surface area contributed by atoms with Crippen LogP contribution in [-0.2, 0) is 26.7 Å². The van der Waals surface area contributed by atoms with Gasteiger partial charge in [0.1, 0.15) is 0 Å². The van der Waals surface area contributed by atoms with Gasteiger partial charge in [-0.3, -0.25) is 9.78 Å². The fraction of sp³-hybridized carbons (Fsp3) is 0.400. The molecule has 0 fully saturated rings. The van der Waals surface area contributed by atoms with Gasteiger partial charge in [-0.2, -0.15) is 0 Å². The van der Waals surface area contributed by atoms with Gasteiger partial charge in [0.05, 0.1) is 5.25 Å². The molecule has 1 atom stereocenters. The summed E-state index contributed by atoms with van der Waals surface area (Å²) in [6.07, 6.45) is 4.67. The third-order valence-electron chi connectivity index (χ3n) is 5.75. The second-order valence-corrected chi connectivity index (χ2v) is 9.60. The summed E-state index contributed by atoms with van der Waals surface area (Å²) in [5.41, 5.74) is 4.08. The maximum absolute atomic E-state index is 11.9. The van der Waals surface area contributed by atoms with Crippen LogP contribution in [0.2, 0.25) is 0 Å². The van der Waals surface area contributed by atoms with Crippen molar-refractivity contribution in [3.63, 3.8) is 0 Å². The summed E-state index contributed by atoms with van der Waals surface area (Å²) in [4.78, 5) is 17.9. The number of aromatic nitrogens is 1. The zero-order valence-electron chi connectivity index (χ0n) is 16.1. The topological polar surface area (TPSA) is 93.4 Å². The maximum Gasteiger partial charge on any atom is 0.227 e. The number of primary sulfonamides is 1. The van der Waals surface area contributed by atoms with E-state index in [2.05, 4.69) is 11.1 Å². The van der Waals surface area contributed by atoms with E-state index in [0.29, 0.717) is 12.8 Å². The van der Waals surface area contributed by atoms with E-state index in [1.165, 1.54) is 0 Å². The van der Waals surface area contributed by atoms with Crippen LogP contribution in [-0.4, -0.2) is 31.6 Å². The Morgan fingerprint density at radius 3 is 2.52 bits per heavy atom. The number of fused-ring (bicyclic) bond motifs is 1. The van der Waals surface area contributed by atoms with Gasteiger partial charge in [-0.1, -0.05) is 19.9 Å². The molecule has 2 heterocycles. The number of rotatable bonds is 4. The Kier molecular flexibility index (Phi) is 4.86. The number of nitrogens with two attached hydrogens (primary N) is 1. The van der Waals surface area contributed by atoms with Crippen LogP contribution in [0.4, 0.5) is 5.69 Å². The normalized spacial score (nSPS) is 16.2. The van der Waals surface area contributed by atoms with Crippen LogP contribution in [0.25, 0.3) is 11.1 Å². The molecule has 0 spiro atoms. The van der Waals surface area contributed by atoms with Crippen LogP contribution in [0, 0.1) is 0 Å². The number of amides is 1. The summed E-state index contributed by atoms with van der Waals surface area (Å²) in [6.45, 7) is 5.33. The van der Waals surface area contributed by atoms with Crippen molar-refractivity contribution < 1.29 is 13.2 Å². The molecule has 1 aliphatic rings. The number of nitrogens with zero attached hydrogens (tertiary/aromatic N) is 2. The third-order valence-corrected chi connectivity index (χ3v) is 7.32. The molecule has 0 saturated carbocycles. The molecule has 6 nitrogen and oxygen atoms in total. The lowest BCUT2D eigenvalue weighted by molar-refractivity contribution is -0.118. The Morgan fingerprint density at radius 2 is 1.85 bits per heavy atom. The molecule has 1 aliphatic heterocycles. The zero-order chi connectivity index (χ0) is 20.0. The average Bonchev–Trinajstić information content (AvgIpc) is 2.63. The predicted molar refractivity (Wildman–Crippen MR) is 107 cm³/mol. The predicted octanol–water partition coefficient (Wildman–Crippen LogP) is 2.61. The minimum atomic E-state index is -3.67. The van der Waals surface area contributed by atoms with E-state index in [1.807, 2.05) is 32.0 Å². The lowest BCUT2D eigenvalue weighted by atomic mass is 9.81. The Labute approximate surface area is 160 Å². The van der Waals surface area contributed by atoms with Crippen LogP contribution in [0.5, 0.6) is 0 Å². The van der Waals surface area contributed by atoms with Crippen LogP contribution in [0.15, 0.2) is 36.7 Å². The fourth-order valence-electron chi connectivity index (χ4n) is 3.43. The van der Waals surface area contributed by atoms with Gasteiger partial charge in [-0.05, 0) is 48.2 Å². The first kappa shape index (κ1) is 19.5. The molecule has 0 bridgehead atoms. The molecule has 1 unspecified atom stereocenters. The van der Waals surface area contributed by atoms with Crippen molar-refractivity contribution in [2.75, 3.05) is 11.9 Å². The second-order valence-electron chi connectivity index (χ2n) is 7.71. The molecule has 2 aromatic rings. The largest absolute Gasteiger partial charge is 0.315 e. The third kappa shape index (κ3) is 3.61. The second kappa shape index (κ2) is 6.73. The first-order valence-corrected chi connectivity index (χ1v) is 10.5. The number of hydrogen-bond acceptors (Lipinski definition) is 4. The van der Waals surface area contributed by atoms with Crippen molar-refractivity contribution in [1.82, 2.24) is 4.98 Å². The van der Waals surface area contributed by atoms with Crippen LogP contribution in [0.3, 0.4) is 0 Å². The van der Waals surface area contributed by atoms with Gasteiger partial charge < -0.3 is 4.90 Å². The summed E-state index contributed by atoms with van der Waals surface area (Å²) in [5, 5.41) is 4.63. The molecule has 27 heavy (non-hydrogen) atoms. The number of aryl methyl sites for hydroxylation is 1. The molecule has 144 valence electrons. The highest BCUT2D eigenvalue weighted by Gasteiger charge is 2.35. The summed E-state index contributed by atoms with van der Waals surface area (Å²) < 4.78 is 23.7. The van der Waals surface area contributed by atoms with E-state index >= 15 is 0 Å². The molecular formula is C20H25N3O3S. The highest BCUT2D eigenvalue weighted by atomic mass is 32.2. The standard InChI is InChI=1S/C20H25N3O3S/c1-13(27(21,25)26)20(2,3)17-10-16(11-22-12-17)14-5-7-18-15(9-14)6-8-19(24)23(18)4/h5,7,9-13H,6,8H2,1-4H3,(H2,21,25,26). The van der Waals surface area contributed by atoms with Crippen LogP contribution >= 0.6 is 0 Å². The Bertz CT molecular complexity index is 999. The number of pyridine rings is 1. The molecule has 1 aromatic heterocycles. The van der Waals surface area contributed by atoms with Crippen molar-refractivity contribution in [3.05, 3.63) is 47.8 Å². The van der Waals surface area contributed by atoms with E-state index in [9.17, 15) is 13.2 Å². The summed E-state index contributed by atoms with van der Waals surface area (Å²) in [5.74, 6) is 0.123. The smallest absolute Gasteiger partial charge is 0.227 e. The molecule has 1 aromatic carbocycles. The highest BCUT2D eigenvalue weighted by molar-refractivity contribution is 7.89. The van der Waals surface area contributed by atoms with Crippen molar-refractivity contribution in [1.29, 1.82) is 0 Å². The lowest BCUT2D eigenvalue weighted by Gasteiger charge is -2.30. The first-order valence-electron chi connectivity index (χ1n) is 8.89. The summed E-state index contributed by atoms with van der Waals surface area (Å²) in [6, 6.07) is 7.96. The minimum Gasteiger partial charge on any atom is -0.315 e. The van der Waals surface area contributed by atoms with Gasteiger partial charge in [0.25, 0.3) is 0 Å². The van der Waals surface area contributed by atoms with Crippen molar-refractivity contribution in [2.45, 2.75) is 44.3 Å². The average molecular weight is 388 g/mol. The minimum absolute atomic E-state index is 0.123. The molecule has 0 aliphatic carbocycles. The Morgan fingerprint density at radius 1 is 1.15 bits per heavy atom. The monoisotopic (exact) mass is 387 g/mol. The molecule has 0 saturated heterocycles. The molecular weight excluding hydrogens is 362 g/mol. The van der Waals surface area contributed by atoms with Crippen LogP contribution in [0.1, 0.15) is 38.3 Å². The lowest BCUT2D eigenvalue weighted by Crippen LogP contribution is -2.41. The number of carbonyl (C=O) groups is 1. The van der Waals surface area contributed by atoms with Gasteiger partial charge in [-0.15, -0.1) is 0 Å². The van der Waals surface area contributed by atoms with Crippen molar-refractivity contribution in [3.8, 4) is 11.1 Å². The quantitative estimate of drug-likeness (QED) is 0.873. The zero-order valence-corrected chi connectivity index (χ0v) is 16.9. The van der Waals surface area contributed by atoms with Gasteiger partial charge in [0.15, 0.2) is 0 Å². The Balaban J connectivity index is 2.01. The molecule has 3 rings (SSSR count). The number of sulfonamides is 1. The molecule has 2 N–H and O–H groups in total. The van der Waals surface area contributed by atoms with Gasteiger partial charge >= 0.3 is 0 Å². The number of benzene rings is 1. The highest BCUT2D eigenvalue weighted by Crippen LogP contribution is 2.34. The molecule has 7 heteroatoms. The molecule has 0 radical (unpaired) electrons. The number of hydrogen-bond donors (Lipinski definition) is 1. The number of carbonyl (C=O) groups excluding carboxylic acids is 1. The van der Waals surface area contributed by atoms with Gasteiger partial charge in [0.2, 0.25) is 15.9 Å². The van der Waals surface area contributed by atoms with E-state index in [0.717, 1.165) is 27.9 Å². The van der Waals surface area contributed by atoms with Crippen molar-refractivity contribution in [2.24, 2.45) is 5.14 Å². The fourth-order valence-corrected chi connectivity index (χ4v) is 4.39. The Hall–Kier alpha value is -2.25. The van der Waals surface area contributed by atoms with E-state index < -0.39 is 20.7 Å². The number of anilines is 1. The van der Waals surface area contributed by atoms with E-state index in [-0.39, 0.29) is 5.91 Å². The first-order chi connectivity index (χ1) is 12.5. The van der Waals surface area contributed by atoms with E-state index in [1.54, 1.807) is 31.3 Å². The van der Waals surface area contributed by atoms with Gasteiger partial charge in [-0.25, -0.2) is 13.6 Å². The van der Waals surface area contributed by atoms with E-state index in [4.69, 9.17) is 5.14 Å². The summed E-state index contributed by atoms with van der Waals surface area (Å²) >= 11 is 0. The van der Waals surface area contributed by atoms with Gasteiger partial charge in [0, 0.05) is 42.5 Å². The maximum atomic E-state index is 11.9. The van der Waals surface area contributed by atoms with Crippen molar-refractivity contribution >= 4 is 21.6 Å². The molecule has 1 amide bonds. The summed E-state index contributed by atoms with van der Waals surface area (Å²) in [7, 11) is -1.88. The SMILES string of the molecule is CC(C(C)(C)c1cncc(-c2ccc3c(c2)CCC(=O)N3C)c1)S(N)(=O)=O. The van der Waals surface area contributed by atoms with Crippen LogP contribution < -0.4 is 10.0 Å².